The summed E-state index contributed by atoms with van der Waals surface area (Å²) >= 11 is 0. The number of esters is 1. The van der Waals surface area contributed by atoms with E-state index in [1.165, 1.54) is 0 Å². The molecule has 0 heterocycles. The quantitative estimate of drug-likeness (QED) is 0.691. The van der Waals surface area contributed by atoms with Gasteiger partial charge in [-0.25, -0.2) is 0 Å². The summed E-state index contributed by atoms with van der Waals surface area (Å²) in [7, 11) is 0. The summed E-state index contributed by atoms with van der Waals surface area (Å²) in [4.78, 5) is 11.9. The Morgan fingerprint density at radius 1 is 1.33 bits per heavy atom. The van der Waals surface area contributed by atoms with Crippen LogP contribution in [0.25, 0.3) is 0 Å². The molecular formula is C12H25NO2. The molecule has 0 aromatic heterocycles. The smallest absolute Gasteiger partial charge is 0.326 e. The predicted octanol–water partition coefficient (Wildman–Crippen LogP) is 2.35. The van der Waals surface area contributed by atoms with Crippen LogP contribution in [0.15, 0.2) is 0 Å². The fraction of sp³-hybridized carbons (Fsp3) is 0.917. The van der Waals surface area contributed by atoms with Crippen molar-refractivity contribution in [2.75, 3.05) is 6.61 Å². The van der Waals surface area contributed by atoms with E-state index in [4.69, 9.17) is 4.74 Å². The molecule has 3 nitrogen and oxygen atoms in total. The van der Waals surface area contributed by atoms with Crippen LogP contribution in [-0.2, 0) is 9.53 Å². The Bertz CT molecular complexity index is 190. The highest BCUT2D eigenvalue weighted by atomic mass is 16.5. The largest absolute Gasteiger partial charge is 0.465 e. The molecule has 0 amide bonds. The first kappa shape index (κ1) is 14.4. The third-order valence-corrected chi connectivity index (χ3v) is 2.15. The second-order valence-electron chi connectivity index (χ2n) is 4.95. The van der Waals surface area contributed by atoms with E-state index in [-0.39, 0.29) is 12.0 Å². The van der Waals surface area contributed by atoms with E-state index in [0.717, 1.165) is 6.42 Å². The number of rotatable bonds is 6. The standard InChI is InChI=1S/C12H25NO2/c1-7-15-11(14)12(6,8-9(2)3)13-10(4)5/h9-10,13H,7-8H2,1-6H3. The molecule has 0 radical (unpaired) electrons. The molecule has 90 valence electrons. The van der Waals surface area contributed by atoms with Gasteiger partial charge in [0.2, 0.25) is 0 Å². The number of ether oxygens (including phenoxy) is 1. The monoisotopic (exact) mass is 215 g/mol. The summed E-state index contributed by atoms with van der Waals surface area (Å²) in [6.07, 6.45) is 0.796. The summed E-state index contributed by atoms with van der Waals surface area (Å²) in [5.74, 6) is 0.318. The van der Waals surface area contributed by atoms with E-state index < -0.39 is 5.54 Å². The minimum atomic E-state index is -0.557. The molecule has 0 fully saturated rings. The third-order valence-electron chi connectivity index (χ3n) is 2.15. The molecule has 0 rings (SSSR count). The first-order chi connectivity index (χ1) is 6.81. The van der Waals surface area contributed by atoms with Gasteiger partial charge in [0.25, 0.3) is 0 Å². The summed E-state index contributed by atoms with van der Waals surface area (Å²) in [6.45, 7) is 12.5. The van der Waals surface area contributed by atoms with Crippen LogP contribution in [0.3, 0.4) is 0 Å². The third kappa shape index (κ3) is 5.17. The SMILES string of the molecule is CCOC(=O)C(C)(CC(C)C)NC(C)C. The maximum Gasteiger partial charge on any atom is 0.326 e. The maximum absolute atomic E-state index is 11.9. The summed E-state index contributed by atoms with van der Waals surface area (Å²) in [6, 6.07) is 0.276. The summed E-state index contributed by atoms with van der Waals surface area (Å²) < 4.78 is 5.11. The van der Waals surface area contributed by atoms with E-state index in [2.05, 4.69) is 19.2 Å². The van der Waals surface area contributed by atoms with Crippen LogP contribution >= 0.6 is 0 Å². The fourth-order valence-electron chi connectivity index (χ4n) is 1.95. The van der Waals surface area contributed by atoms with Crippen LogP contribution in [0, 0.1) is 5.92 Å². The van der Waals surface area contributed by atoms with Gasteiger partial charge in [0, 0.05) is 6.04 Å². The van der Waals surface area contributed by atoms with Gasteiger partial charge < -0.3 is 4.74 Å². The molecule has 3 heteroatoms. The lowest BCUT2D eigenvalue weighted by atomic mass is 9.90. The molecule has 0 saturated heterocycles. The number of carbonyl (C=O) groups is 1. The molecule has 0 aliphatic heterocycles. The lowest BCUT2D eigenvalue weighted by Crippen LogP contribution is -2.53. The van der Waals surface area contributed by atoms with Gasteiger partial charge in [-0.1, -0.05) is 13.8 Å². The second-order valence-corrected chi connectivity index (χ2v) is 4.95. The van der Waals surface area contributed by atoms with Crippen molar-refractivity contribution in [2.45, 2.75) is 59.5 Å². The fourth-order valence-corrected chi connectivity index (χ4v) is 1.95. The minimum Gasteiger partial charge on any atom is -0.465 e. The second kappa shape index (κ2) is 6.11. The number of hydrogen-bond acceptors (Lipinski definition) is 3. The lowest BCUT2D eigenvalue weighted by molar-refractivity contribution is -0.151. The Kier molecular flexibility index (Phi) is 5.88. The highest BCUT2D eigenvalue weighted by molar-refractivity contribution is 5.80. The van der Waals surface area contributed by atoms with E-state index in [1.807, 2.05) is 27.7 Å². The van der Waals surface area contributed by atoms with Crippen molar-refractivity contribution in [1.29, 1.82) is 0 Å². The topological polar surface area (TPSA) is 38.3 Å². The lowest BCUT2D eigenvalue weighted by Gasteiger charge is -2.32. The molecule has 0 aromatic carbocycles. The van der Waals surface area contributed by atoms with E-state index >= 15 is 0 Å². The Morgan fingerprint density at radius 2 is 1.87 bits per heavy atom. The van der Waals surface area contributed by atoms with Gasteiger partial charge in [-0.05, 0) is 40.0 Å². The molecule has 0 spiro atoms. The predicted molar refractivity (Wildman–Crippen MR) is 62.8 cm³/mol. The highest BCUT2D eigenvalue weighted by Crippen LogP contribution is 2.19. The Hall–Kier alpha value is -0.570. The van der Waals surface area contributed by atoms with Crippen LogP contribution in [0.2, 0.25) is 0 Å². The van der Waals surface area contributed by atoms with Crippen molar-refractivity contribution < 1.29 is 9.53 Å². The molecule has 1 unspecified atom stereocenters. The average Bonchev–Trinajstić information content (AvgIpc) is 2.01. The number of carbonyl (C=O) groups excluding carboxylic acids is 1. The van der Waals surface area contributed by atoms with E-state index in [0.29, 0.717) is 12.5 Å². The van der Waals surface area contributed by atoms with Crippen molar-refractivity contribution in [3.63, 3.8) is 0 Å². The summed E-state index contributed by atoms with van der Waals surface area (Å²) in [5, 5.41) is 3.30. The van der Waals surface area contributed by atoms with Gasteiger partial charge in [0.15, 0.2) is 0 Å². The number of nitrogens with one attached hydrogen (secondary N) is 1. The normalized spacial score (nSPS) is 15.5. The molecule has 0 aliphatic rings. The van der Waals surface area contributed by atoms with Crippen LogP contribution in [-0.4, -0.2) is 24.2 Å². The van der Waals surface area contributed by atoms with Crippen LogP contribution in [0.4, 0.5) is 0 Å². The molecule has 0 saturated carbocycles. The maximum atomic E-state index is 11.9. The van der Waals surface area contributed by atoms with Gasteiger partial charge in [0.1, 0.15) is 5.54 Å². The highest BCUT2D eigenvalue weighted by Gasteiger charge is 2.35. The van der Waals surface area contributed by atoms with Gasteiger partial charge >= 0.3 is 5.97 Å². The summed E-state index contributed by atoms with van der Waals surface area (Å²) in [5.41, 5.74) is -0.557. The Balaban J connectivity index is 4.60. The molecule has 0 aliphatic carbocycles. The van der Waals surface area contributed by atoms with Gasteiger partial charge in [0.05, 0.1) is 6.61 Å². The van der Waals surface area contributed by atoms with Crippen LogP contribution in [0.1, 0.15) is 48.0 Å². The van der Waals surface area contributed by atoms with Crippen molar-refractivity contribution in [3.05, 3.63) is 0 Å². The molecule has 0 bridgehead atoms. The molecule has 15 heavy (non-hydrogen) atoms. The molecule has 0 aromatic rings. The molecule has 1 atom stereocenters. The first-order valence-corrected chi connectivity index (χ1v) is 5.76. The average molecular weight is 215 g/mol. The van der Waals surface area contributed by atoms with Gasteiger partial charge in [-0.3, -0.25) is 10.1 Å². The van der Waals surface area contributed by atoms with Gasteiger partial charge in [-0.15, -0.1) is 0 Å². The zero-order valence-corrected chi connectivity index (χ0v) is 10.9. The van der Waals surface area contributed by atoms with Crippen molar-refractivity contribution in [3.8, 4) is 0 Å². The zero-order valence-electron chi connectivity index (χ0n) is 10.9. The van der Waals surface area contributed by atoms with E-state index in [1.54, 1.807) is 0 Å². The molecule has 1 N–H and O–H groups in total. The van der Waals surface area contributed by atoms with Crippen LogP contribution in [0.5, 0.6) is 0 Å². The van der Waals surface area contributed by atoms with Gasteiger partial charge in [-0.2, -0.15) is 0 Å². The van der Waals surface area contributed by atoms with E-state index in [9.17, 15) is 4.79 Å². The zero-order chi connectivity index (χ0) is 12.1. The Labute approximate surface area is 93.6 Å². The van der Waals surface area contributed by atoms with Crippen molar-refractivity contribution in [1.82, 2.24) is 5.32 Å². The van der Waals surface area contributed by atoms with Crippen molar-refractivity contribution >= 4 is 5.97 Å². The first-order valence-electron chi connectivity index (χ1n) is 5.76. The molecular weight excluding hydrogens is 190 g/mol. The number of hydrogen-bond donors (Lipinski definition) is 1. The van der Waals surface area contributed by atoms with Crippen LogP contribution < -0.4 is 5.32 Å². The minimum absolute atomic E-state index is 0.146. The Morgan fingerprint density at radius 3 is 2.20 bits per heavy atom. The van der Waals surface area contributed by atoms with Crippen molar-refractivity contribution in [2.24, 2.45) is 5.92 Å².